The van der Waals surface area contributed by atoms with Gasteiger partial charge in [0.15, 0.2) is 4.32 Å². The maximum absolute atomic E-state index is 12.7. The van der Waals surface area contributed by atoms with Crippen molar-refractivity contribution in [3.05, 3.63) is 56.1 Å². The standard InChI is InChI=1S/C17H15NOS3/c1-10-4-7-14(11(2)8-10)18-16(19)15(22-17(18)20)9-13-6-5-12(3)21-13/h4-9H,1-3H3. The average molecular weight is 346 g/mol. The van der Waals surface area contributed by atoms with Gasteiger partial charge in [-0.1, -0.05) is 41.7 Å². The van der Waals surface area contributed by atoms with Gasteiger partial charge in [-0.15, -0.1) is 11.3 Å². The minimum Gasteiger partial charge on any atom is -0.268 e. The van der Waals surface area contributed by atoms with Gasteiger partial charge in [-0.3, -0.25) is 9.69 Å². The topological polar surface area (TPSA) is 20.3 Å². The van der Waals surface area contributed by atoms with Crippen LogP contribution in [0.2, 0.25) is 0 Å². The Kier molecular flexibility index (Phi) is 4.21. The van der Waals surface area contributed by atoms with Crippen LogP contribution in [0.25, 0.3) is 6.08 Å². The van der Waals surface area contributed by atoms with Crippen molar-refractivity contribution in [2.75, 3.05) is 4.90 Å². The molecule has 0 N–H and O–H groups in total. The minimum atomic E-state index is -0.0343. The highest BCUT2D eigenvalue weighted by atomic mass is 32.2. The van der Waals surface area contributed by atoms with E-state index in [4.69, 9.17) is 12.2 Å². The number of hydrogen-bond acceptors (Lipinski definition) is 4. The van der Waals surface area contributed by atoms with Gasteiger partial charge in [-0.25, -0.2) is 0 Å². The normalized spacial score (nSPS) is 16.9. The van der Waals surface area contributed by atoms with Crippen molar-refractivity contribution < 1.29 is 4.79 Å². The fourth-order valence-electron chi connectivity index (χ4n) is 2.39. The zero-order chi connectivity index (χ0) is 15.9. The van der Waals surface area contributed by atoms with Crippen LogP contribution in [-0.2, 0) is 4.79 Å². The van der Waals surface area contributed by atoms with E-state index >= 15 is 0 Å². The summed E-state index contributed by atoms with van der Waals surface area (Å²) in [7, 11) is 0. The number of hydrogen-bond donors (Lipinski definition) is 0. The number of thioether (sulfide) groups is 1. The van der Waals surface area contributed by atoms with Crippen LogP contribution in [0.1, 0.15) is 20.9 Å². The minimum absolute atomic E-state index is 0.0343. The van der Waals surface area contributed by atoms with Gasteiger partial charge in [-0.2, -0.15) is 0 Å². The van der Waals surface area contributed by atoms with E-state index in [-0.39, 0.29) is 5.91 Å². The highest BCUT2D eigenvalue weighted by Gasteiger charge is 2.34. The third kappa shape index (κ3) is 2.89. The third-order valence-electron chi connectivity index (χ3n) is 3.42. The summed E-state index contributed by atoms with van der Waals surface area (Å²) in [6, 6.07) is 10.1. The fourth-order valence-corrected chi connectivity index (χ4v) is 4.56. The van der Waals surface area contributed by atoms with E-state index in [9.17, 15) is 4.79 Å². The van der Waals surface area contributed by atoms with Gasteiger partial charge in [0, 0.05) is 9.75 Å². The quantitative estimate of drug-likeness (QED) is 0.559. The van der Waals surface area contributed by atoms with Crippen LogP contribution in [0.5, 0.6) is 0 Å². The Morgan fingerprint density at radius 1 is 1.14 bits per heavy atom. The number of thiophene rings is 1. The van der Waals surface area contributed by atoms with E-state index in [0.29, 0.717) is 9.23 Å². The molecule has 1 amide bonds. The molecule has 1 fully saturated rings. The molecule has 0 unspecified atom stereocenters. The summed E-state index contributed by atoms with van der Waals surface area (Å²) in [5.41, 5.74) is 3.11. The van der Waals surface area contributed by atoms with Gasteiger partial charge in [0.05, 0.1) is 10.6 Å². The van der Waals surface area contributed by atoms with Crippen molar-refractivity contribution in [3.63, 3.8) is 0 Å². The van der Waals surface area contributed by atoms with E-state index in [1.54, 1.807) is 16.2 Å². The zero-order valence-electron chi connectivity index (χ0n) is 12.5. The monoisotopic (exact) mass is 345 g/mol. The number of amides is 1. The molecule has 0 saturated carbocycles. The van der Waals surface area contributed by atoms with Crippen molar-refractivity contribution in [2.45, 2.75) is 20.8 Å². The number of carbonyl (C=O) groups excluding carboxylic acids is 1. The molecule has 0 atom stereocenters. The lowest BCUT2D eigenvalue weighted by Gasteiger charge is -2.17. The number of benzene rings is 1. The molecule has 2 aromatic rings. The van der Waals surface area contributed by atoms with E-state index in [0.717, 1.165) is 16.1 Å². The highest BCUT2D eigenvalue weighted by Crippen LogP contribution is 2.38. The van der Waals surface area contributed by atoms with E-state index in [2.05, 4.69) is 19.1 Å². The van der Waals surface area contributed by atoms with Gasteiger partial charge in [-0.05, 0) is 50.6 Å². The van der Waals surface area contributed by atoms with Gasteiger partial charge < -0.3 is 0 Å². The van der Waals surface area contributed by atoms with Crippen LogP contribution in [0.4, 0.5) is 5.69 Å². The molecular weight excluding hydrogens is 330 g/mol. The Morgan fingerprint density at radius 2 is 1.91 bits per heavy atom. The molecule has 0 radical (unpaired) electrons. The van der Waals surface area contributed by atoms with Gasteiger partial charge in [0.1, 0.15) is 0 Å². The summed E-state index contributed by atoms with van der Waals surface area (Å²) in [6.07, 6.45) is 1.93. The van der Waals surface area contributed by atoms with E-state index in [1.165, 1.54) is 22.2 Å². The number of aryl methyl sites for hydroxylation is 3. The van der Waals surface area contributed by atoms with Crippen LogP contribution >= 0.6 is 35.3 Å². The number of carbonyl (C=O) groups is 1. The molecule has 2 nitrogen and oxygen atoms in total. The highest BCUT2D eigenvalue weighted by molar-refractivity contribution is 8.27. The average Bonchev–Trinajstić information content (AvgIpc) is 2.96. The lowest BCUT2D eigenvalue weighted by Crippen LogP contribution is -2.28. The molecule has 1 aliphatic heterocycles. The second-order valence-electron chi connectivity index (χ2n) is 5.26. The molecule has 0 bridgehead atoms. The summed E-state index contributed by atoms with van der Waals surface area (Å²) in [5, 5.41) is 0. The molecular formula is C17H15NOS3. The van der Waals surface area contributed by atoms with Crippen molar-refractivity contribution in [2.24, 2.45) is 0 Å². The van der Waals surface area contributed by atoms with Crippen molar-refractivity contribution >= 4 is 57.3 Å². The second-order valence-corrected chi connectivity index (χ2v) is 8.25. The lowest BCUT2D eigenvalue weighted by molar-refractivity contribution is -0.113. The first-order valence-corrected chi connectivity index (χ1v) is 8.91. The first kappa shape index (κ1) is 15.5. The summed E-state index contributed by atoms with van der Waals surface area (Å²) in [5.74, 6) is -0.0343. The smallest absolute Gasteiger partial charge is 0.268 e. The predicted octanol–water partition coefficient (Wildman–Crippen LogP) is 5.08. The molecule has 22 heavy (non-hydrogen) atoms. The molecule has 1 aromatic heterocycles. The van der Waals surface area contributed by atoms with E-state index < -0.39 is 0 Å². The molecule has 2 heterocycles. The number of thiocarbonyl (C=S) groups is 1. The first-order valence-electron chi connectivity index (χ1n) is 6.87. The number of rotatable bonds is 2. The van der Waals surface area contributed by atoms with Crippen LogP contribution in [0.15, 0.2) is 35.2 Å². The molecule has 112 valence electrons. The molecule has 1 saturated heterocycles. The van der Waals surface area contributed by atoms with Crippen LogP contribution < -0.4 is 4.90 Å². The summed E-state index contributed by atoms with van der Waals surface area (Å²) in [4.78, 5) is 17.4. The zero-order valence-corrected chi connectivity index (χ0v) is 15.0. The lowest BCUT2D eigenvalue weighted by atomic mass is 10.1. The van der Waals surface area contributed by atoms with Crippen LogP contribution in [-0.4, -0.2) is 10.2 Å². The SMILES string of the molecule is Cc1ccc(N2C(=O)C(=Cc3ccc(C)s3)SC2=S)c(C)c1. The van der Waals surface area contributed by atoms with Crippen LogP contribution in [0, 0.1) is 20.8 Å². The Balaban J connectivity index is 1.96. The Hall–Kier alpha value is -1.43. The Labute approximate surface area is 143 Å². The Bertz CT molecular complexity index is 804. The van der Waals surface area contributed by atoms with Crippen molar-refractivity contribution in [1.82, 2.24) is 0 Å². The van der Waals surface area contributed by atoms with Gasteiger partial charge in [0.25, 0.3) is 5.91 Å². The predicted molar refractivity (Wildman–Crippen MR) is 101 cm³/mol. The largest absolute Gasteiger partial charge is 0.270 e. The Morgan fingerprint density at radius 3 is 2.55 bits per heavy atom. The summed E-state index contributed by atoms with van der Waals surface area (Å²) >= 11 is 8.47. The third-order valence-corrected chi connectivity index (χ3v) is 5.67. The maximum atomic E-state index is 12.7. The molecule has 1 aromatic carbocycles. The molecule has 0 spiro atoms. The number of nitrogens with zero attached hydrogens (tertiary/aromatic N) is 1. The number of anilines is 1. The first-order chi connectivity index (χ1) is 10.5. The molecule has 1 aliphatic rings. The van der Waals surface area contributed by atoms with Gasteiger partial charge in [0.2, 0.25) is 0 Å². The summed E-state index contributed by atoms with van der Waals surface area (Å²) < 4.78 is 0.594. The van der Waals surface area contributed by atoms with E-state index in [1.807, 2.05) is 38.1 Å². The van der Waals surface area contributed by atoms with Crippen molar-refractivity contribution in [1.29, 1.82) is 0 Å². The summed E-state index contributed by atoms with van der Waals surface area (Å²) in [6.45, 7) is 6.11. The van der Waals surface area contributed by atoms with Gasteiger partial charge >= 0.3 is 0 Å². The van der Waals surface area contributed by atoms with Crippen molar-refractivity contribution in [3.8, 4) is 0 Å². The fraction of sp³-hybridized carbons (Fsp3) is 0.176. The maximum Gasteiger partial charge on any atom is 0.270 e. The van der Waals surface area contributed by atoms with Crippen LogP contribution in [0.3, 0.4) is 0 Å². The molecule has 0 aliphatic carbocycles. The molecule has 5 heteroatoms. The molecule has 3 rings (SSSR count). The second kappa shape index (κ2) is 5.99.